The summed E-state index contributed by atoms with van der Waals surface area (Å²) in [5.74, 6) is 1.99. The first-order chi connectivity index (χ1) is 11.7. The molecule has 1 aromatic heterocycles. The maximum absolute atomic E-state index is 5.70. The van der Waals surface area contributed by atoms with Crippen molar-refractivity contribution in [3.63, 3.8) is 0 Å². The molecule has 0 aliphatic rings. The summed E-state index contributed by atoms with van der Waals surface area (Å²) in [6.07, 6.45) is 1.79. The van der Waals surface area contributed by atoms with Crippen molar-refractivity contribution >= 4 is 23.2 Å². The van der Waals surface area contributed by atoms with Crippen LogP contribution in [0.4, 0.5) is 5.95 Å². The van der Waals surface area contributed by atoms with E-state index in [1.54, 1.807) is 13.3 Å². The molecule has 2 N–H and O–H groups in total. The van der Waals surface area contributed by atoms with E-state index in [9.17, 15) is 0 Å². The molecule has 0 unspecified atom stereocenters. The van der Waals surface area contributed by atoms with E-state index >= 15 is 0 Å². The van der Waals surface area contributed by atoms with Crippen molar-refractivity contribution in [2.75, 3.05) is 12.5 Å². The van der Waals surface area contributed by atoms with Crippen LogP contribution in [0.1, 0.15) is 19.4 Å². The lowest BCUT2D eigenvalue weighted by atomic mass is 10.2. The number of methoxy groups -OCH3 is 1. The van der Waals surface area contributed by atoms with Crippen molar-refractivity contribution in [3.05, 3.63) is 48.0 Å². The summed E-state index contributed by atoms with van der Waals surface area (Å²) < 4.78 is 11.1. The number of nitrogens with one attached hydrogen (secondary N) is 2. The number of hydrogen-bond acceptors (Lipinski definition) is 5. The number of ether oxygens (including phenoxy) is 2. The van der Waals surface area contributed by atoms with Crippen LogP contribution >= 0.6 is 0 Å². The molecular weight excluding hydrogens is 304 g/mol. The van der Waals surface area contributed by atoms with Gasteiger partial charge in [-0.05, 0) is 49.7 Å². The molecule has 0 aliphatic carbocycles. The lowest BCUT2D eigenvalue weighted by Gasteiger charge is -2.13. The van der Waals surface area contributed by atoms with E-state index < -0.39 is 0 Å². The molecule has 0 fully saturated rings. The Balaban J connectivity index is 1.71. The van der Waals surface area contributed by atoms with Gasteiger partial charge in [0.05, 0.1) is 30.5 Å². The molecular formula is C18H20N4O2. The van der Waals surface area contributed by atoms with E-state index in [-0.39, 0.29) is 6.10 Å². The minimum atomic E-state index is 0.0909. The van der Waals surface area contributed by atoms with Gasteiger partial charge in [0.25, 0.3) is 0 Å². The number of para-hydroxylation sites is 2. The normalized spacial score (nSPS) is 11.3. The monoisotopic (exact) mass is 324 g/mol. The zero-order chi connectivity index (χ0) is 16.9. The third-order valence-corrected chi connectivity index (χ3v) is 3.32. The number of anilines is 1. The first kappa shape index (κ1) is 15.9. The van der Waals surface area contributed by atoms with Crippen LogP contribution in [-0.4, -0.2) is 29.4 Å². The van der Waals surface area contributed by atoms with E-state index in [0.717, 1.165) is 22.3 Å². The fourth-order valence-electron chi connectivity index (χ4n) is 2.29. The first-order valence-corrected chi connectivity index (χ1v) is 7.74. The van der Waals surface area contributed by atoms with Gasteiger partial charge in [-0.2, -0.15) is 5.10 Å². The number of rotatable bonds is 6. The molecule has 1 heterocycles. The standard InChI is InChI=1S/C18H20N4O2/c1-12(2)24-16-9-8-13(10-17(16)23-3)11-19-22-18-20-14-6-4-5-7-15(14)21-18/h4-12H,1-3H3,(H2,20,21,22)/b19-11+. The van der Waals surface area contributed by atoms with E-state index in [0.29, 0.717) is 11.7 Å². The average Bonchev–Trinajstić information content (AvgIpc) is 2.98. The van der Waals surface area contributed by atoms with Gasteiger partial charge in [-0.1, -0.05) is 12.1 Å². The van der Waals surface area contributed by atoms with Gasteiger partial charge in [-0.3, -0.25) is 0 Å². The Hall–Kier alpha value is -3.02. The number of aromatic nitrogens is 2. The van der Waals surface area contributed by atoms with E-state index in [2.05, 4.69) is 20.5 Å². The third kappa shape index (κ3) is 3.65. The molecule has 6 heteroatoms. The molecule has 24 heavy (non-hydrogen) atoms. The van der Waals surface area contributed by atoms with Crippen LogP contribution in [0.25, 0.3) is 11.0 Å². The second-order valence-corrected chi connectivity index (χ2v) is 5.55. The second-order valence-electron chi connectivity index (χ2n) is 5.55. The number of aromatic amines is 1. The van der Waals surface area contributed by atoms with Gasteiger partial charge in [-0.15, -0.1) is 0 Å². The van der Waals surface area contributed by atoms with Crippen LogP contribution in [0.15, 0.2) is 47.6 Å². The number of fused-ring (bicyclic) bond motifs is 1. The molecule has 0 radical (unpaired) electrons. The maximum atomic E-state index is 5.70. The van der Waals surface area contributed by atoms with Crippen molar-refractivity contribution in [2.45, 2.75) is 20.0 Å². The molecule has 0 amide bonds. The number of H-pyrrole nitrogens is 1. The van der Waals surface area contributed by atoms with Crippen molar-refractivity contribution in [2.24, 2.45) is 5.10 Å². The van der Waals surface area contributed by atoms with Crippen molar-refractivity contribution < 1.29 is 9.47 Å². The lowest BCUT2D eigenvalue weighted by Crippen LogP contribution is -2.06. The summed E-state index contributed by atoms with van der Waals surface area (Å²) in [6.45, 7) is 3.96. The van der Waals surface area contributed by atoms with Crippen molar-refractivity contribution in [3.8, 4) is 11.5 Å². The second kappa shape index (κ2) is 7.04. The van der Waals surface area contributed by atoms with Gasteiger partial charge >= 0.3 is 0 Å². The summed E-state index contributed by atoms with van der Waals surface area (Å²) in [6, 6.07) is 13.5. The zero-order valence-electron chi connectivity index (χ0n) is 13.9. The molecule has 0 aliphatic heterocycles. The molecule has 6 nitrogen and oxygen atoms in total. The number of hydrazone groups is 1. The van der Waals surface area contributed by atoms with Gasteiger partial charge < -0.3 is 14.5 Å². The Morgan fingerprint density at radius 2 is 2.00 bits per heavy atom. The van der Waals surface area contributed by atoms with E-state index in [4.69, 9.17) is 9.47 Å². The molecule has 0 saturated heterocycles. The summed E-state index contributed by atoms with van der Waals surface area (Å²) in [4.78, 5) is 7.55. The van der Waals surface area contributed by atoms with Crippen LogP contribution in [-0.2, 0) is 0 Å². The molecule has 0 spiro atoms. The lowest BCUT2D eigenvalue weighted by molar-refractivity contribution is 0.230. The topological polar surface area (TPSA) is 71.5 Å². The minimum Gasteiger partial charge on any atom is -0.493 e. The van der Waals surface area contributed by atoms with Gasteiger partial charge in [0.15, 0.2) is 11.5 Å². The Bertz CT molecular complexity index is 822. The molecule has 2 aromatic carbocycles. The summed E-state index contributed by atoms with van der Waals surface area (Å²) in [5.41, 5.74) is 5.65. The Morgan fingerprint density at radius 1 is 1.17 bits per heavy atom. The van der Waals surface area contributed by atoms with Gasteiger partial charge in [0.1, 0.15) is 0 Å². The highest BCUT2D eigenvalue weighted by molar-refractivity contribution is 5.82. The van der Waals surface area contributed by atoms with Crippen LogP contribution in [0.2, 0.25) is 0 Å². The maximum Gasteiger partial charge on any atom is 0.222 e. The summed E-state index contributed by atoms with van der Waals surface area (Å²) in [7, 11) is 1.62. The molecule has 0 atom stereocenters. The Morgan fingerprint density at radius 3 is 2.75 bits per heavy atom. The zero-order valence-corrected chi connectivity index (χ0v) is 13.9. The van der Waals surface area contributed by atoms with Crippen LogP contribution in [0, 0.1) is 0 Å². The fraction of sp³-hybridized carbons (Fsp3) is 0.222. The smallest absolute Gasteiger partial charge is 0.222 e. The average molecular weight is 324 g/mol. The predicted octanol–water partition coefficient (Wildman–Crippen LogP) is 3.80. The van der Waals surface area contributed by atoms with Crippen molar-refractivity contribution in [1.29, 1.82) is 0 Å². The Kier molecular flexibility index (Phi) is 4.65. The molecule has 3 aromatic rings. The Labute approximate surface area is 140 Å². The van der Waals surface area contributed by atoms with E-state index in [1.165, 1.54) is 0 Å². The first-order valence-electron chi connectivity index (χ1n) is 7.74. The van der Waals surface area contributed by atoms with Gasteiger partial charge in [0, 0.05) is 0 Å². The summed E-state index contributed by atoms with van der Waals surface area (Å²) in [5, 5.41) is 4.21. The quantitative estimate of drug-likeness (QED) is 0.534. The van der Waals surface area contributed by atoms with Gasteiger partial charge in [-0.25, -0.2) is 10.4 Å². The molecule has 0 bridgehead atoms. The van der Waals surface area contributed by atoms with Crippen LogP contribution < -0.4 is 14.9 Å². The third-order valence-electron chi connectivity index (χ3n) is 3.32. The molecule has 0 saturated carbocycles. The predicted molar refractivity (Wildman–Crippen MR) is 96.1 cm³/mol. The highest BCUT2D eigenvalue weighted by Crippen LogP contribution is 2.28. The highest BCUT2D eigenvalue weighted by Gasteiger charge is 2.06. The molecule has 3 rings (SSSR count). The largest absolute Gasteiger partial charge is 0.493 e. The SMILES string of the molecule is COc1cc(/C=N/Nc2nc3ccccc3[nH]2)ccc1OC(C)C. The summed E-state index contributed by atoms with van der Waals surface area (Å²) >= 11 is 0. The van der Waals surface area contributed by atoms with Crippen molar-refractivity contribution in [1.82, 2.24) is 9.97 Å². The van der Waals surface area contributed by atoms with E-state index in [1.807, 2.05) is 56.3 Å². The number of imidazole rings is 1. The fourth-order valence-corrected chi connectivity index (χ4v) is 2.29. The van der Waals surface area contributed by atoms with Gasteiger partial charge in [0.2, 0.25) is 5.95 Å². The van der Waals surface area contributed by atoms with Crippen LogP contribution in [0.3, 0.4) is 0 Å². The molecule has 124 valence electrons. The number of hydrogen-bond donors (Lipinski definition) is 2. The number of nitrogens with zero attached hydrogens (tertiary/aromatic N) is 2. The highest BCUT2D eigenvalue weighted by atomic mass is 16.5. The minimum absolute atomic E-state index is 0.0909. The van der Waals surface area contributed by atoms with Crippen LogP contribution in [0.5, 0.6) is 11.5 Å². The number of benzene rings is 2.